The molecule has 1 aromatic heterocycles. The molecule has 0 amide bonds. The quantitative estimate of drug-likeness (QED) is 0.692. The van der Waals surface area contributed by atoms with E-state index in [1.807, 2.05) is 0 Å². The molecule has 1 aromatic carbocycles. The molecule has 1 aliphatic carbocycles. The van der Waals surface area contributed by atoms with Gasteiger partial charge in [-0.05, 0) is 42.5 Å². The summed E-state index contributed by atoms with van der Waals surface area (Å²) in [7, 11) is 0. The van der Waals surface area contributed by atoms with Crippen molar-refractivity contribution < 1.29 is 22.4 Å². The Balaban J connectivity index is 1.63. The molecule has 1 aliphatic rings. The van der Waals surface area contributed by atoms with Crippen LogP contribution >= 0.6 is 11.6 Å². The number of nitrogens with zero attached hydrogens (tertiary/aromatic N) is 1. The first-order chi connectivity index (χ1) is 12.7. The van der Waals surface area contributed by atoms with Gasteiger partial charge >= 0.3 is 6.18 Å². The molecule has 1 atom stereocenters. The molecule has 3 rings (SSSR count). The number of carbonyl (C=O) groups is 1. The number of ketones is 1. The molecule has 1 saturated carbocycles. The van der Waals surface area contributed by atoms with Gasteiger partial charge in [-0.25, -0.2) is 4.39 Å². The van der Waals surface area contributed by atoms with Crippen LogP contribution in [-0.4, -0.2) is 16.8 Å². The zero-order valence-electron chi connectivity index (χ0n) is 14.2. The van der Waals surface area contributed by atoms with Gasteiger partial charge < -0.3 is 5.32 Å². The average Bonchev–Trinajstić information content (AvgIpc) is 3.42. The number of pyridine rings is 1. The first kappa shape index (κ1) is 19.8. The van der Waals surface area contributed by atoms with Crippen molar-refractivity contribution in [2.24, 2.45) is 5.92 Å². The van der Waals surface area contributed by atoms with Crippen LogP contribution in [0.1, 0.15) is 29.7 Å². The average molecular weight is 401 g/mol. The van der Waals surface area contributed by atoms with Crippen molar-refractivity contribution in [1.82, 2.24) is 10.3 Å². The molecule has 27 heavy (non-hydrogen) atoms. The maximum absolute atomic E-state index is 13.9. The molecule has 1 fully saturated rings. The Morgan fingerprint density at radius 3 is 2.48 bits per heavy atom. The monoisotopic (exact) mass is 400 g/mol. The van der Waals surface area contributed by atoms with Crippen molar-refractivity contribution in [3.05, 3.63) is 64.2 Å². The number of rotatable bonds is 7. The van der Waals surface area contributed by atoms with Gasteiger partial charge in [0.25, 0.3) is 0 Å². The normalized spacial score (nSPS) is 15.6. The largest absolute Gasteiger partial charge is 0.416 e. The zero-order chi connectivity index (χ0) is 19.6. The highest BCUT2D eigenvalue weighted by Crippen LogP contribution is 2.34. The van der Waals surface area contributed by atoms with Gasteiger partial charge in [0.2, 0.25) is 0 Å². The first-order valence-corrected chi connectivity index (χ1v) is 8.84. The molecule has 144 valence electrons. The summed E-state index contributed by atoms with van der Waals surface area (Å²) in [5.41, 5.74) is -0.0472. The summed E-state index contributed by atoms with van der Waals surface area (Å²) >= 11 is 5.66. The van der Waals surface area contributed by atoms with Crippen LogP contribution in [0.15, 0.2) is 36.5 Å². The summed E-state index contributed by atoms with van der Waals surface area (Å²) < 4.78 is 51.7. The Kier molecular flexibility index (Phi) is 5.81. The smallest absolute Gasteiger partial charge is 0.303 e. The van der Waals surface area contributed by atoms with Crippen molar-refractivity contribution in [3.63, 3.8) is 0 Å². The molecule has 0 bridgehead atoms. The molecule has 1 N–H and O–H groups in total. The molecule has 3 nitrogen and oxygen atoms in total. The number of nitrogens with one attached hydrogen (secondary N) is 1. The SMILES string of the molecule is O=C(Cc1ncc(Cl)cc1F)[C@@H](NCc1ccc(C(F)(F)F)cc1)C1CC1. The van der Waals surface area contributed by atoms with Gasteiger partial charge in [-0.15, -0.1) is 0 Å². The number of hydrogen-bond donors (Lipinski definition) is 1. The van der Waals surface area contributed by atoms with E-state index < -0.39 is 23.6 Å². The molecule has 0 unspecified atom stereocenters. The van der Waals surface area contributed by atoms with Crippen LogP contribution in [0.3, 0.4) is 0 Å². The fraction of sp³-hybridized carbons (Fsp3) is 0.368. The van der Waals surface area contributed by atoms with Gasteiger partial charge in [0.1, 0.15) is 5.82 Å². The number of hydrogen-bond acceptors (Lipinski definition) is 3. The Morgan fingerprint density at radius 1 is 1.26 bits per heavy atom. The number of Topliss-reactive ketones (excluding diaryl/α,β-unsaturated/α-hetero) is 1. The van der Waals surface area contributed by atoms with E-state index in [0.717, 1.165) is 31.0 Å². The highest BCUT2D eigenvalue weighted by Gasteiger charge is 2.36. The lowest BCUT2D eigenvalue weighted by Crippen LogP contribution is -2.39. The Bertz CT molecular complexity index is 819. The van der Waals surface area contributed by atoms with Crippen LogP contribution in [0, 0.1) is 11.7 Å². The van der Waals surface area contributed by atoms with E-state index >= 15 is 0 Å². The van der Waals surface area contributed by atoms with E-state index in [1.54, 1.807) is 0 Å². The summed E-state index contributed by atoms with van der Waals surface area (Å²) in [5.74, 6) is -0.673. The van der Waals surface area contributed by atoms with Gasteiger partial charge in [0.15, 0.2) is 5.78 Å². The van der Waals surface area contributed by atoms with Crippen LogP contribution in [0.5, 0.6) is 0 Å². The highest BCUT2D eigenvalue weighted by molar-refractivity contribution is 6.30. The number of alkyl halides is 3. The van der Waals surface area contributed by atoms with E-state index in [9.17, 15) is 22.4 Å². The van der Waals surface area contributed by atoms with Gasteiger partial charge in [-0.3, -0.25) is 9.78 Å². The van der Waals surface area contributed by atoms with Crippen LogP contribution in [0.2, 0.25) is 5.02 Å². The first-order valence-electron chi connectivity index (χ1n) is 8.46. The van der Waals surface area contributed by atoms with Crippen LogP contribution in [0.4, 0.5) is 17.6 Å². The third-order valence-electron chi connectivity index (χ3n) is 4.47. The van der Waals surface area contributed by atoms with Crippen molar-refractivity contribution in [2.45, 2.75) is 38.0 Å². The lowest BCUT2D eigenvalue weighted by molar-refractivity contribution is -0.137. The number of benzene rings is 1. The molecule has 0 radical (unpaired) electrons. The zero-order valence-corrected chi connectivity index (χ0v) is 14.9. The summed E-state index contributed by atoms with van der Waals surface area (Å²) in [5, 5.41) is 3.26. The van der Waals surface area contributed by atoms with Crippen molar-refractivity contribution in [3.8, 4) is 0 Å². The van der Waals surface area contributed by atoms with Gasteiger partial charge in [-0.2, -0.15) is 13.2 Å². The summed E-state index contributed by atoms with van der Waals surface area (Å²) in [6.45, 7) is 0.252. The van der Waals surface area contributed by atoms with Gasteiger partial charge in [-0.1, -0.05) is 23.7 Å². The minimum absolute atomic E-state index is 0.0337. The van der Waals surface area contributed by atoms with E-state index in [1.165, 1.54) is 18.3 Å². The molecule has 2 aromatic rings. The second-order valence-electron chi connectivity index (χ2n) is 6.62. The third-order valence-corrected chi connectivity index (χ3v) is 4.68. The van der Waals surface area contributed by atoms with E-state index in [0.29, 0.717) is 5.56 Å². The predicted molar refractivity (Wildman–Crippen MR) is 92.7 cm³/mol. The van der Waals surface area contributed by atoms with Crippen molar-refractivity contribution >= 4 is 17.4 Å². The maximum atomic E-state index is 13.9. The molecule has 1 heterocycles. The molecule has 8 heteroatoms. The fourth-order valence-corrected chi connectivity index (χ4v) is 3.00. The Hall–Kier alpha value is -1.99. The van der Waals surface area contributed by atoms with Crippen LogP contribution in [0.25, 0.3) is 0 Å². The lowest BCUT2D eigenvalue weighted by atomic mass is 10.0. The van der Waals surface area contributed by atoms with Gasteiger partial charge in [0, 0.05) is 12.7 Å². The van der Waals surface area contributed by atoms with Crippen LogP contribution < -0.4 is 5.32 Å². The second-order valence-corrected chi connectivity index (χ2v) is 7.05. The third kappa shape index (κ3) is 5.26. The van der Waals surface area contributed by atoms with Crippen molar-refractivity contribution in [2.75, 3.05) is 0 Å². The van der Waals surface area contributed by atoms with E-state index in [-0.39, 0.29) is 35.4 Å². The second kappa shape index (κ2) is 7.94. The van der Waals surface area contributed by atoms with Crippen LogP contribution in [-0.2, 0) is 23.9 Å². The number of aromatic nitrogens is 1. The Labute approximate surface area is 158 Å². The minimum atomic E-state index is -4.38. The standard InChI is InChI=1S/C19H17ClF4N2O/c20-14-7-15(21)16(25-10-14)8-17(27)18(12-3-4-12)26-9-11-1-5-13(6-2-11)19(22,23)24/h1-2,5-7,10,12,18,26H,3-4,8-9H2/t18-/m0/s1. The topological polar surface area (TPSA) is 42.0 Å². The fourth-order valence-electron chi connectivity index (χ4n) is 2.86. The molecular formula is C19H17ClF4N2O. The molecule has 0 spiro atoms. The van der Waals surface area contributed by atoms with E-state index in [2.05, 4.69) is 10.3 Å². The Morgan fingerprint density at radius 2 is 1.93 bits per heavy atom. The lowest BCUT2D eigenvalue weighted by Gasteiger charge is -2.17. The highest BCUT2D eigenvalue weighted by atomic mass is 35.5. The maximum Gasteiger partial charge on any atom is 0.416 e. The number of halogens is 5. The van der Waals surface area contributed by atoms with Crippen molar-refractivity contribution in [1.29, 1.82) is 0 Å². The molecule has 0 saturated heterocycles. The summed E-state index contributed by atoms with van der Waals surface area (Å²) in [4.78, 5) is 16.5. The van der Waals surface area contributed by atoms with E-state index in [4.69, 9.17) is 11.6 Å². The predicted octanol–water partition coefficient (Wildman–Crippen LogP) is 4.57. The summed E-state index contributed by atoms with van der Waals surface area (Å²) in [6.07, 6.45) is -1.49. The number of carbonyl (C=O) groups excluding carboxylic acids is 1. The molecular weight excluding hydrogens is 384 g/mol. The summed E-state index contributed by atoms with van der Waals surface area (Å²) in [6, 6.07) is 5.41. The van der Waals surface area contributed by atoms with Gasteiger partial charge in [0.05, 0.1) is 28.7 Å². The minimum Gasteiger partial charge on any atom is -0.303 e. The molecule has 0 aliphatic heterocycles.